The number of likely N-dealkylation sites (tertiary alicyclic amines) is 1. The Morgan fingerprint density at radius 2 is 1.94 bits per heavy atom. The average Bonchev–Trinajstić information content (AvgIpc) is 3.45. The smallest absolute Gasteiger partial charge is 0.263 e. The standard InChI is InChI=1S/C25H30N4O3S/c1-2-32-19-11-5-4-10-18(19)26-22(30)16-29-21(15-28-13-7-8-14-28)27-24-23(25(29)31)17-9-3-6-12-20(17)33-24/h4-5,10-11H,2-3,6-9,12-16H2,1H3,(H,26,30). The minimum absolute atomic E-state index is 0.0595. The largest absolute Gasteiger partial charge is 0.492 e. The van der Waals surface area contributed by atoms with Crippen LogP contribution in [-0.4, -0.2) is 40.1 Å². The summed E-state index contributed by atoms with van der Waals surface area (Å²) in [5.74, 6) is 1.05. The Labute approximate surface area is 197 Å². The summed E-state index contributed by atoms with van der Waals surface area (Å²) < 4.78 is 7.23. The molecule has 1 N–H and O–H groups in total. The van der Waals surface area contributed by atoms with Crippen LogP contribution in [0.5, 0.6) is 5.75 Å². The van der Waals surface area contributed by atoms with Gasteiger partial charge >= 0.3 is 0 Å². The molecule has 3 aromatic rings. The van der Waals surface area contributed by atoms with E-state index in [-0.39, 0.29) is 18.0 Å². The summed E-state index contributed by atoms with van der Waals surface area (Å²) in [4.78, 5) is 36.2. The molecular weight excluding hydrogens is 436 g/mol. The molecule has 3 heterocycles. The second kappa shape index (κ2) is 9.65. The molecule has 0 radical (unpaired) electrons. The summed E-state index contributed by atoms with van der Waals surface area (Å²) >= 11 is 1.66. The Balaban J connectivity index is 1.50. The van der Waals surface area contributed by atoms with Crippen molar-refractivity contribution in [2.24, 2.45) is 0 Å². The Morgan fingerprint density at radius 3 is 2.76 bits per heavy atom. The molecule has 1 aromatic carbocycles. The number of ether oxygens (including phenoxy) is 1. The van der Waals surface area contributed by atoms with E-state index in [2.05, 4.69) is 10.2 Å². The van der Waals surface area contributed by atoms with Gasteiger partial charge in [-0.3, -0.25) is 19.1 Å². The molecule has 1 aliphatic carbocycles. The highest BCUT2D eigenvalue weighted by molar-refractivity contribution is 7.18. The number of benzene rings is 1. The molecule has 8 heteroatoms. The van der Waals surface area contributed by atoms with E-state index in [0.29, 0.717) is 30.4 Å². The van der Waals surface area contributed by atoms with Gasteiger partial charge in [-0.05, 0) is 76.2 Å². The number of aromatic nitrogens is 2. The van der Waals surface area contributed by atoms with Crippen LogP contribution in [0.2, 0.25) is 0 Å². The van der Waals surface area contributed by atoms with Gasteiger partial charge in [0.2, 0.25) is 5.91 Å². The number of amides is 1. The highest BCUT2D eigenvalue weighted by Crippen LogP contribution is 2.34. The first kappa shape index (κ1) is 22.1. The number of nitrogens with one attached hydrogen (secondary N) is 1. The summed E-state index contributed by atoms with van der Waals surface area (Å²) in [5.41, 5.74) is 1.68. The van der Waals surface area contributed by atoms with Gasteiger partial charge < -0.3 is 10.1 Å². The lowest BCUT2D eigenvalue weighted by Gasteiger charge is -2.19. The lowest BCUT2D eigenvalue weighted by molar-refractivity contribution is -0.116. The van der Waals surface area contributed by atoms with E-state index in [0.717, 1.165) is 67.4 Å². The minimum atomic E-state index is -0.253. The minimum Gasteiger partial charge on any atom is -0.492 e. The molecule has 0 bridgehead atoms. The third-order valence-electron chi connectivity index (χ3n) is 6.48. The van der Waals surface area contributed by atoms with E-state index >= 15 is 0 Å². The fraction of sp³-hybridized carbons (Fsp3) is 0.480. The number of carbonyl (C=O) groups is 1. The van der Waals surface area contributed by atoms with Gasteiger partial charge in [0.15, 0.2) is 0 Å². The fourth-order valence-corrected chi connectivity index (χ4v) is 6.16. The number of nitrogens with zero attached hydrogens (tertiary/aromatic N) is 3. The van der Waals surface area contributed by atoms with Crippen LogP contribution in [0.3, 0.4) is 0 Å². The van der Waals surface area contributed by atoms with Crippen LogP contribution in [0.15, 0.2) is 29.1 Å². The number of rotatable bonds is 7. The van der Waals surface area contributed by atoms with Crippen molar-refractivity contribution in [3.63, 3.8) is 0 Å². The number of fused-ring (bicyclic) bond motifs is 3. The molecule has 174 valence electrons. The van der Waals surface area contributed by atoms with Gasteiger partial charge in [0.25, 0.3) is 5.56 Å². The molecule has 2 aromatic heterocycles. The van der Waals surface area contributed by atoms with Crippen LogP contribution in [0.1, 0.15) is 48.9 Å². The molecule has 1 saturated heterocycles. The van der Waals surface area contributed by atoms with Crippen molar-refractivity contribution in [2.75, 3.05) is 25.0 Å². The van der Waals surface area contributed by atoms with E-state index in [1.54, 1.807) is 15.9 Å². The summed E-state index contributed by atoms with van der Waals surface area (Å²) in [7, 11) is 0. The lowest BCUT2D eigenvalue weighted by Crippen LogP contribution is -2.34. The van der Waals surface area contributed by atoms with Crippen LogP contribution in [-0.2, 0) is 30.7 Å². The first-order valence-corrected chi connectivity index (χ1v) is 12.7. The molecule has 0 atom stereocenters. The third-order valence-corrected chi connectivity index (χ3v) is 7.67. The summed E-state index contributed by atoms with van der Waals surface area (Å²) in [6.07, 6.45) is 6.53. The van der Waals surface area contributed by atoms with E-state index in [1.165, 1.54) is 4.88 Å². The molecule has 2 aliphatic rings. The van der Waals surface area contributed by atoms with Gasteiger partial charge in [0.05, 0.1) is 24.2 Å². The van der Waals surface area contributed by atoms with Gasteiger partial charge in [0.1, 0.15) is 22.9 Å². The number of aryl methyl sites for hydroxylation is 2. The van der Waals surface area contributed by atoms with Gasteiger partial charge in [-0.15, -0.1) is 11.3 Å². The zero-order valence-electron chi connectivity index (χ0n) is 19.1. The van der Waals surface area contributed by atoms with Crippen molar-refractivity contribution in [1.82, 2.24) is 14.5 Å². The molecule has 0 spiro atoms. The van der Waals surface area contributed by atoms with E-state index < -0.39 is 0 Å². The van der Waals surface area contributed by atoms with Crippen molar-refractivity contribution in [3.8, 4) is 5.75 Å². The van der Waals surface area contributed by atoms with Crippen LogP contribution < -0.4 is 15.6 Å². The zero-order valence-corrected chi connectivity index (χ0v) is 19.9. The highest BCUT2D eigenvalue weighted by atomic mass is 32.1. The van der Waals surface area contributed by atoms with Crippen LogP contribution >= 0.6 is 11.3 Å². The molecule has 0 saturated carbocycles. The van der Waals surface area contributed by atoms with Gasteiger partial charge in [0, 0.05) is 4.88 Å². The molecule has 1 amide bonds. The second-order valence-corrected chi connectivity index (χ2v) is 9.85. The molecule has 33 heavy (non-hydrogen) atoms. The van der Waals surface area contributed by atoms with E-state index in [4.69, 9.17) is 9.72 Å². The molecule has 5 rings (SSSR count). The van der Waals surface area contributed by atoms with Crippen molar-refractivity contribution in [1.29, 1.82) is 0 Å². The number of para-hydroxylation sites is 2. The number of thiophene rings is 1. The normalized spacial score (nSPS) is 16.2. The molecule has 1 fully saturated rings. The summed E-state index contributed by atoms with van der Waals surface area (Å²) in [6, 6.07) is 7.37. The highest BCUT2D eigenvalue weighted by Gasteiger charge is 2.24. The Morgan fingerprint density at radius 1 is 1.15 bits per heavy atom. The van der Waals surface area contributed by atoms with Crippen molar-refractivity contribution >= 4 is 33.1 Å². The molecule has 7 nitrogen and oxygen atoms in total. The molecular formula is C25H30N4O3S. The number of hydrogen-bond donors (Lipinski definition) is 1. The van der Waals surface area contributed by atoms with Gasteiger partial charge in [-0.1, -0.05) is 12.1 Å². The number of hydrogen-bond acceptors (Lipinski definition) is 6. The summed E-state index contributed by atoms with van der Waals surface area (Å²) in [6.45, 7) is 4.96. The van der Waals surface area contributed by atoms with Gasteiger partial charge in [-0.2, -0.15) is 0 Å². The van der Waals surface area contributed by atoms with Crippen LogP contribution in [0, 0.1) is 0 Å². The fourth-order valence-electron chi connectivity index (χ4n) is 4.89. The SMILES string of the molecule is CCOc1ccccc1NC(=O)Cn1c(CN2CCCC2)nc2sc3c(c2c1=O)CCCC3. The second-order valence-electron chi connectivity index (χ2n) is 8.77. The van der Waals surface area contributed by atoms with Crippen LogP contribution in [0.4, 0.5) is 5.69 Å². The maximum atomic E-state index is 13.7. The predicted octanol–water partition coefficient (Wildman–Crippen LogP) is 3.97. The van der Waals surface area contributed by atoms with Crippen LogP contribution in [0.25, 0.3) is 10.2 Å². The van der Waals surface area contributed by atoms with Crippen molar-refractivity contribution in [2.45, 2.75) is 58.5 Å². The third kappa shape index (κ3) is 4.54. The maximum Gasteiger partial charge on any atom is 0.263 e. The Hall–Kier alpha value is -2.71. The first-order chi connectivity index (χ1) is 16.1. The quantitative estimate of drug-likeness (QED) is 0.570. The zero-order chi connectivity index (χ0) is 22.8. The Kier molecular flexibility index (Phi) is 6.46. The first-order valence-electron chi connectivity index (χ1n) is 11.9. The van der Waals surface area contributed by atoms with Gasteiger partial charge in [-0.25, -0.2) is 4.98 Å². The van der Waals surface area contributed by atoms with Crippen molar-refractivity contribution < 1.29 is 9.53 Å². The van der Waals surface area contributed by atoms with E-state index in [9.17, 15) is 9.59 Å². The average molecular weight is 467 g/mol. The molecule has 0 unspecified atom stereocenters. The lowest BCUT2D eigenvalue weighted by atomic mass is 9.97. The van der Waals surface area contributed by atoms with E-state index in [1.807, 2.05) is 31.2 Å². The van der Waals surface area contributed by atoms with Crippen molar-refractivity contribution in [3.05, 3.63) is 50.9 Å². The maximum absolute atomic E-state index is 13.7. The predicted molar refractivity (Wildman–Crippen MR) is 131 cm³/mol. The number of anilines is 1. The topological polar surface area (TPSA) is 76.5 Å². The Bertz CT molecular complexity index is 1230. The monoisotopic (exact) mass is 466 g/mol. The molecule has 1 aliphatic heterocycles. The summed E-state index contributed by atoms with van der Waals surface area (Å²) in [5, 5.41) is 3.66. The number of carbonyl (C=O) groups excluding carboxylic acids is 1.